The third-order valence-electron chi connectivity index (χ3n) is 14.2. The zero-order valence-corrected chi connectivity index (χ0v) is 38.6. The van der Waals surface area contributed by atoms with Crippen molar-refractivity contribution in [1.29, 1.82) is 0 Å². The molecule has 0 heterocycles. The molecule has 0 bridgehead atoms. The molecule has 0 spiro atoms. The van der Waals surface area contributed by atoms with Gasteiger partial charge in [-0.05, 0) is 201 Å². The average molecular weight is 819 g/mol. The van der Waals surface area contributed by atoms with Gasteiger partial charge in [0.25, 0.3) is 0 Å². The van der Waals surface area contributed by atoms with Crippen LogP contribution >= 0.6 is 15.9 Å². The zero-order chi connectivity index (χ0) is 41.0. The molecule has 6 aromatic rings. The lowest BCUT2D eigenvalue weighted by molar-refractivity contribution is 0.332. The number of benzene rings is 6. The van der Waals surface area contributed by atoms with Crippen LogP contribution in [-0.2, 0) is 27.1 Å². The molecule has 57 heavy (non-hydrogen) atoms. The first-order chi connectivity index (χ1) is 26.6. The number of halogens is 1. The van der Waals surface area contributed by atoms with Gasteiger partial charge in [-0.25, -0.2) is 0 Å². The first-order valence-electron chi connectivity index (χ1n) is 21.5. The number of nitrogens with zero attached hydrogens (tertiary/aromatic N) is 1. The van der Waals surface area contributed by atoms with Gasteiger partial charge in [0, 0.05) is 21.5 Å². The molecule has 0 radical (unpaired) electrons. The van der Waals surface area contributed by atoms with E-state index in [-0.39, 0.29) is 27.1 Å². The van der Waals surface area contributed by atoms with Crippen LogP contribution in [0.25, 0.3) is 32.7 Å². The van der Waals surface area contributed by atoms with Crippen LogP contribution in [0.4, 0.5) is 17.1 Å². The maximum atomic E-state index is 4.28. The molecule has 0 aromatic heterocycles. The summed E-state index contributed by atoms with van der Waals surface area (Å²) in [5.74, 6) is 0.484. The van der Waals surface area contributed by atoms with Crippen molar-refractivity contribution in [3.05, 3.63) is 135 Å². The molecule has 0 saturated heterocycles. The first kappa shape index (κ1) is 39.9. The summed E-state index contributed by atoms with van der Waals surface area (Å²) in [7, 11) is 0. The number of rotatable bonds is 5. The molecule has 1 nitrogen and oxygen atoms in total. The van der Waals surface area contributed by atoms with E-state index < -0.39 is 0 Å². The van der Waals surface area contributed by atoms with Crippen molar-refractivity contribution in [2.75, 3.05) is 4.90 Å². The molecule has 0 saturated carbocycles. The highest BCUT2D eigenvalue weighted by atomic mass is 79.9. The van der Waals surface area contributed by atoms with Gasteiger partial charge in [0.1, 0.15) is 0 Å². The molecule has 296 valence electrons. The fraction of sp³-hybridized carbons (Fsp3) is 0.418. The monoisotopic (exact) mass is 817 g/mol. The quantitative estimate of drug-likeness (QED) is 0.157. The minimum Gasteiger partial charge on any atom is -0.311 e. The molecule has 0 amide bonds. The molecular weight excluding hydrogens is 755 g/mol. The van der Waals surface area contributed by atoms with Crippen molar-refractivity contribution in [3.8, 4) is 11.1 Å². The van der Waals surface area contributed by atoms with Gasteiger partial charge in [0.15, 0.2) is 0 Å². The van der Waals surface area contributed by atoms with E-state index in [4.69, 9.17) is 0 Å². The summed E-state index contributed by atoms with van der Waals surface area (Å²) >= 11 is 4.28. The third-order valence-corrected chi connectivity index (χ3v) is 15.1. The fourth-order valence-electron chi connectivity index (χ4n) is 9.95. The van der Waals surface area contributed by atoms with Gasteiger partial charge in [-0.3, -0.25) is 0 Å². The van der Waals surface area contributed by atoms with E-state index in [0.717, 1.165) is 5.69 Å². The van der Waals surface area contributed by atoms with Crippen molar-refractivity contribution in [2.24, 2.45) is 0 Å². The van der Waals surface area contributed by atoms with E-state index in [9.17, 15) is 0 Å². The van der Waals surface area contributed by atoms with Crippen molar-refractivity contribution < 1.29 is 0 Å². The van der Waals surface area contributed by atoms with Gasteiger partial charge in [-0.15, -0.1) is 0 Å². The zero-order valence-electron chi connectivity index (χ0n) is 37.0. The van der Waals surface area contributed by atoms with E-state index in [2.05, 4.69) is 208 Å². The lowest BCUT2D eigenvalue weighted by atomic mass is 9.62. The molecule has 2 aliphatic carbocycles. The number of hydrogen-bond donors (Lipinski definition) is 0. The van der Waals surface area contributed by atoms with E-state index in [0.29, 0.717) is 5.92 Å². The molecule has 0 atom stereocenters. The fourth-order valence-corrected chi connectivity index (χ4v) is 10.6. The SMILES string of the molecule is CC(C)c1ccc(N(c2ccc(-c3c4cc5c(cc4c(Br)c4cc6c(cc34)C(C)(C)CCC6(C)C)C(C)(C)CCC5(C)C)cc2)c2ccc(C(C)(C)C)cc2)cc1. The number of fused-ring (bicyclic) bond motifs is 4. The average Bonchev–Trinajstić information content (AvgIpc) is 3.15. The molecule has 2 heteroatoms. The topological polar surface area (TPSA) is 3.24 Å². The molecule has 8 rings (SSSR count). The lowest BCUT2D eigenvalue weighted by Crippen LogP contribution is -2.34. The van der Waals surface area contributed by atoms with Crippen molar-refractivity contribution >= 4 is 54.5 Å². The van der Waals surface area contributed by atoms with E-state index in [1.807, 2.05) is 0 Å². The van der Waals surface area contributed by atoms with Crippen LogP contribution in [0.2, 0.25) is 0 Å². The molecule has 0 fully saturated rings. The highest BCUT2D eigenvalue weighted by molar-refractivity contribution is 9.10. The summed E-state index contributed by atoms with van der Waals surface area (Å²) in [6.45, 7) is 31.0. The predicted octanol–water partition coefficient (Wildman–Crippen LogP) is 17.0. The summed E-state index contributed by atoms with van der Waals surface area (Å²) in [4.78, 5) is 2.42. The van der Waals surface area contributed by atoms with E-state index >= 15 is 0 Å². The molecule has 0 N–H and O–H groups in total. The summed E-state index contributed by atoms with van der Waals surface area (Å²) in [6, 6.07) is 38.1. The maximum Gasteiger partial charge on any atom is 0.0462 e. The molecule has 0 unspecified atom stereocenters. The Bertz CT molecular complexity index is 2400. The van der Waals surface area contributed by atoms with Crippen LogP contribution in [0, 0.1) is 0 Å². The van der Waals surface area contributed by atoms with Crippen LogP contribution in [-0.4, -0.2) is 0 Å². The van der Waals surface area contributed by atoms with Crippen molar-refractivity contribution in [2.45, 2.75) is 149 Å². The van der Waals surface area contributed by atoms with E-state index in [1.54, 1.807) is 0 Å². The Labute approximate surface area is 352 Å². The molecule has 0 aliphatic heterocycles. The van der Waals surface area contributed by atoms with Crippen molar-refractivity contribution in [1.82, 2.24) is 0 Å². The van der Waals surface area contributed by atoms with E-state index in [1.165, 1.54) is 108 Å². The summed E-state index contributed by atoms with van der Waals surface area (Å²) in [6.07, 6.45) is 4.78. The Morgan fingerprint density at radius 3 is 1.18 bits per heavy atom. The minimum atomic E-state index is 0.0918. The van der Waals surface area contributed by atoms with Crippen LogP contribution in [0.15, 0.2) is 102 Å². The standard InChI is InChI=1S/C55H64BrN/c1-34(2)35-14-20-38(21-15-35)57(40-24-18-37(19-25-40)51(3,4)5)39-22-16-36(17-23-39)49-41-30-45-47(54(10,11)28-26-52(45,6)7)32-43(41)50(56)44-33-48-46(31-42(44)49)53(8,9)27-29-55(48,12)13/h14-25,30-34H,26-29H2,1-13H3. The summed E-state index contributed by atoms with van der Waals surface area (Å²) < 4.78 is 1.23. The van der Waals surface area contributed by atoms with Gasteiger partial charge in [-0.1, -0.05) is 126 Å². The van der Waals surface area contributed by atoms with Gasteiger partial charge in [0.05, 0.1) is 0 Å². The van der Waals surface area contributed by atoms with Crippen LogP contribution in [0.3, 0.4) is 0 Å². The Morgan fingerprint density at radius 1 is 0.491 bits per heavy atom. The van der Waals surface area contributed by atoms with Crippen LogP contribution in [0.5, 0.6) is 0 Å². The van der Waals surface area contributed by atoms with Gasteiger partial charge in [0.2, 0.25) is 0 Å². The van der Waals surface area contributed by atoms with Gasteiger partial charge < -0.3 is 4.90 Å². The summed E-state index contributed by atoms with van der Waals surface area (Å²) in [5.41, 5.74) is 15.4. The summed E-state index contributed by atoms with van der Waals surface area (Å²) in [5, 5.41) is 5.34. The first-order valence-corrected chi connectivity index (χ1v) is 22.3. The normalized spacial score (nSPS) is 18.1. The van der Waals surface area contributed by atoms with Gasteiger partial charge >= 0.3 is 0 Å². The Balaban J connectivity index is 1.38. The lowest BCUT2D eigenvalue weighted by Gasteiger charge is -2.43. The predicted molar refractivity (Wildman–Crippen MR) is 253 cm³/mol. The third kappa shape index (κ3) is 6.86. The van der Waals surface area contributed by atoms with Crippen LogP contribution < -0.4 is 4.90 Å². The van der Waals surface area contributed by atoms with Gasteiger partial charge in [-0.2, -0.15) is 0 Å². The Kier molecular flexibility index (Phi) is 9.52. The Hall–Kier alpha value is -3.88. The second kappa shape index (κ2) is 13.6. The van der Waals surface area contributed by atoms with Crippen molar-refractivity contribution in [3.63, 3.8) is 0 Å². The number of anilines is 3. The molecular formula is C55H64BrN. The number of hydrogen-bond acceptors (Lipinski definition) is 1. The molecule has 2 aliphatic rings. The second-order valence-electron chi connectivity index (χ2n) is 21.5. The second-order valence-corrected chi connectivity index (χ2v) is 22.3. The largest absolute Gasteiger partial charge is 0.311 e. The minimum absolute atomic E-state index is 0.0918. The highest BCUT2D eigenvalue weighted by Gasteiger charge is 2.40. The maximum absolute atomic E-state index is 4.28. The molecule has 6 aromatic carbocycles. The Morgan fingerprint density at radius 2 is 0.825 bits per heavy atom. The smallest absolute Gasteiger partial charge is 0.0462 e. The van der Waals surface area contributed by atoms with Crippen LogP contribution in [0.1, 0.15) is 155 Å². The highest BCUT2D eigenvalue weighted by Crippen LogP contribution is 2.54.